The molecule has 4 rings (SSSR count). The highest BCUT2D eigenvalue weighted by Crippen LogP contribution is 2.32. The van der Waals surface area contributed by atoms with Gasteiger partial charge in [0.1, 0.15) is 0 Å². The molecule has 1 amide bonds. The van der Waals surface area contributed by atoms with Gasteiger partial charge in [0.05, 0.1) is 17.9 Å². The van der Waals surface area contributed by atoms with Crippen LogP contribution < -0.4 is 0 Å². The van der Waals surface area contributed by atoms with E-state index in [9.17, 15) is 9.59 Å². The van der Waals surface area contributed by atoms with E-state index in [4.69, 9.17) is 0 Å². The van der Waals surface area contributed by atoms with Crippen LogP contribution >= 0.6 is 0 Å². The first-order chi connectivity index (χ1) is 13.6. The molecule has 0 unspecified atom stereocenters. The fraction of sp³-hybridized carbons (Fsp3) is 0.348. The molecule has 0 N–H and O–H groups in total. The van der Waals surface area contributed by atoms with Gasteiger partial charge in [-0.1, -0.05) is 24.3 Å². The molecule has 1 aromatic heterocycles. The van der Waals surface area contributed by atoms with Crippen molar-refractivity contribution in [3.8, 4) is 11.3 Å². The predicted molar refractivity (Wildman–Crippen MR) is 109 cm³/mol. The van der Waals surface area contributed by atoms with E-state index in [0.717, 1.165) is 54.0 Å². The Morgan fingerprint density at radius 1 is 1.00 bits per heavy atom. The van der Waals surface area contributed by atoms with E-state index in [1.54, 1.807) is 18.0 Å². The summed E-state index contributed by atoms with van der Waals surface area (Å²) in [5.74, 6) is 0.177. The number of nitrogens with zero attached hydrogens (tertiary/aromatic N) is 3. The van der Waals surface area contributed by atoms with Gasteiger partial charge in [-0.05, 0) is 36.6 Å². The smallest absolute Gasteiger partial charge is 0.219 e. The zero-order valence-corrected chi connectivity index (χ0v) is 16.2. The largest absolute Gasteiger partial charge is 0.371 e. The van der Waals surface area contributed by atoms with Gasteiger partial charge in [0, 0.05) is 50.3 Å². The van der Waals surface area contributed by atoms with Crippen LogP contribution in [0.25, 0.3) is 17.0 Å². The SMILES string of the molecule is CC(=O)N1CCC(=O)/C(=C(/c2cccc(-c3ccccn3)c2)N2CCCC2)C1. The number of piperidine rings is 1. The van der Waals surface area contributed by atoms with Crippen LogP contribution in [0.3, 0.4) is 0 Å². The van der Waals surface area contributed by atoms with E-state index in [0.29, 0.717) is 19.5 Å². The lowest BCUT2D eigenvalue weighted by atomic mass is 9.95. The number of amides is 1. The van der Waals surface area contributed by atoms with E-state index in [-0.39, 0.29) is 11.7 Å². The maximum atomic E-state index is 12.9. The Balaban J connectivity index is 1.81. The van der Waals surface area contributed by atoms with Gasteiger partial charge in [0.15, 0.2) is 5.78 Å². The number of Topliss-reactive ketones (excluding diaryl/α,β-unsaturated/α-hetero) is 1. The van der Waals surface area contributed by atoms with Gasteiger partial charge in [-0.2, -0.15) is 0 Å². The molecule has 0 radical (unpaired) electrons. The molecule has 28 heavy (non-hydrogen) atoms. The lowest BCUT2D eigenvalue weighted by Gasteiger charge is -2.32. The Bertz CT molecular complexity index is 914. The number of hydrogen-bond acceptors (Lipinski definition) is 4. The van der Waals surface area contributed by atoms with Crippen molar-refractivity contribution in [3.63, 3.8) is 0 Å². The lowest BCUT2D eigenvalue weighted by Crippen LogP contribution is -2.40. The number of pyridine rings is 1. The third-order valence-electron chi connectivity index (χ3n) is 5.54. The number of aromatic nitrogens is 1. The van der Waals surface area contributed by atoms with Crippen molar-refractivity contribution in [2.24, 2.45) is 0 Å². The molecule has 2 aliphatic rings. The minimum atomic E-state index is 0.0213. The summed E-state index contributed by atoms with van der Waals surface area (Å²) in [7, 11) is 0. The van der Waals surface area contributed by atoms with Crippen LogP contribution in [0.5, 0.6) is 0 Å². The van der Waals surface area contributed by atoms with Crippen LogP contribution in [0, 0.1) is 0 Å². The minimum Gasteiger partial charge on any atom is -0.371 e. The quantitative estimate of drug-likeness (QED) is 0.772. The fourth-order valence-corrected chi connectivity index (χ4v) is 4.07. The summed E-state index contributed by atoms with van der Waals surface area (Å²) in [4.78, 5) is 33.3. The molecule has 0 atom stereocenters. The Kier molecular flexibility index (Phi) is 5.24. The molecule has 0 aliphatic carbocycles. The predicted octanol–water partition coefficient (Wildman–Crippen LogP) is 3.38. The molecule has 2 aromatic rings. The minimum absolute atomic E-state index is 0.0213. The van der Waals surface area contributed by atoms with E-state index in [1.165, 1.54) is 0 Å². The number of benzene rings is 1. The van der Waals surface area contributed by atoms with E-state index in [1.807, 2.05) is 30.3 Å². The second-order valence-corrected chi connectivity index (χ2v) is 7.43. The normalized spacial score (nSPS) is 19.1. The molecule has 2 aliphatic heterocycles. The van der Waals surface area contributed by atoms with Crippen molar-refractivity contribution in [2.75, 3.05) is 26.2 Å². The van der Waals surface area contributed by atoms with Gasteiger partial charge in [-0.3, -0.25) is 14.6 Å². The summed E-state index contributed by atoms with van der Waals surface area (Å²) in [5.41, 5.74) is 4.73. The Morgan fingerprint density at radius 3 is 2.54 bits per heavy atom. The summed E-state index contributed by atoms with van der Waals surface area (Å²) in [6, 6.07) is 14.1. The molecule has 0 spiro atoms. The molecular formula is C23H25N3O2. The van der Waals surface area contributed by atoms with Gasteiger partial charge in [-0.15, -0.1) is 0 Å². The van der Waals surface area contributed by atoms with Crippen LogP contribution in [0.1, 0.15) is 31.7 Å². The zero-order chi connectivity index (χ0) is 19.5. The number of carbonyl (C=O) groups is 2. The molecule has 2 saturated heterocycles. The van der Waals surface area contributed by atoms with Gasteiger partial charge < -0.3 is 9.80 Å². The first-order valence-electron chi connectivity index (χ1n) is 9.92. The van der Waals surface area contributed by atoms with Gasteiger partial charge in [0.2, 0.25) is 5.91 Å². The number of hydrogen-bond donors (Lipinski definition) is 0. The van der Waals surface area contributed by atoms with Crippen LogP contribution in [0.4, 0.5) is 0 Å². The Morgan fingerprint density at radius 2 is 1.82 bits per heavy atom. The maximum Gasteiger partial charge on any atom is 0.219 e. The Labute approximate surface area is 165 Å². The van der Waals surface area contributed by atoms with Crippen molar-refractivity contribution < 1.29 is 9.59 Å². The number of carbonyl (C=O) groups excluding carboxylic acids is 2. The second kappa shape index (κ2) is 7.97. The van der Waals surface area contributed by atoms with Crippen LogP contribution in [0.15, 0.2) is 54.2 Å². The summed E-state index contributed by atoms with van der Waals surface area (Å²) in [6.07, 6.45) is 4.44. The lowest BCUT2D eigenvalue weighted by molar-refractivity contribution is -0.130. The van der Waals surface area contributed by atoms with Crippen molar-refractivity contribution >= 4 is 17.4 Å². The standard InChI is InChI=1S/C23H25N3O2/c1-17(27)26-14-10-22(28)20(16-26)23(25-12-4-5-13-25)19-8-6-7-18(15-19)21-9-2-3-11-24-21/h2-3,6-9,11,15H,4-5,10,12-14,16H2,1H3/b23-20-. The van der Waals surface area contributed by atoms with Crippen molar-refractivity contribution in [1.29, 1.82) is 0 Å². The van der Waals surface area contributed by atoms with Gasteiger partial charge in [0.25, 0.3) is 0 Å². The fourth-order valence-electron chi connectivity index (χ4n) is 4.07. The monoisotopic (exact) mass is 375 g/mol. The highest BCUT2D eigenvalue weighted by atomic mass is 16.2. The second-order valence-electron chi connectivity index (χ2n) is 7.43. The summed E-state index contributed by atoms with van der Waals surface area (Å²) < 4.78 is 0. The van der Waals surface area contributed by atoms with E-state index < -0.39 is 0 Å². The number of rotatable bonds is 3. The van der Waals surface area contributed by atoms with Crippen LogP contribution in [0.2, 0.25) is 0 Å². The number of likely N-dealkylation sites (tertiary alicyclic amines) is 2. The van der Waals surface area contributed by atoms with Gasteiger partial charge in [-0.25, -0.2) is 0 Å². The van der Waals surface area contributed by atoms with Gasteiger partial charge >= 0.3 is 0 Å². The average Bonchev–Trinajstić information content (AvgIpc) is 3.25. The molecule has 5 heteroatoms. The molecule has 5 nitrogen and oxygen atoms in total. The number of ketones is 1. The van der Waals surface area contributed by atoms with Crippen LogP contribution in [-0.4, -0.2) is 52.7 Å². The molecule has 0 bridgehead atoms. The topological polar surface area (TPSA) is 53.5 Å². The molecule has 3 heterocycles. The zero-order valence-electron chi connectivity index (χ0n) is 16.2. The van der Waals surface area contributed by atoms with E-state index >= 15 is 0 Å². The third kappa shape index (κ3) is 3.70. The summed E-state index contributed by atoms with van der Waals surface area (Å²) >= 11 is 0. The molecular weight excluding hydrogens is 350 g/mol. The first kappa shape index (κ1) is 18.4. The summed E-state index contributed by atoms with van der Waals surface area (Å²) in [6.45, 7) is 4.37. The first-order valence-corrected chi connectivity index (χ1v) is 9.92. The highest BCUT2D eigenvalue weighted by Gasteiger charge is 2.29. The highest BCUT2D eigenvalue weighted by molar-refractivity contribution is 6.04. The van der Waals surface area contributed by atoms with Crippen molar-refractivity contribution in [1.82, 2.24) is 14.8 Å². The molecule has 1 aromatic carbocycles. The summed E-state index contributed by atoms with van der Waals surface area (Å²) in [5, 5.41) is 0. The van der Waals surface area contributed by atoms with Crippen molar-refractivity contribution in [2.45, 2.75) is 26.2 Å². The maximum absolute atomic E-state index is 12.9. The average molecular weight is 375 g/mol. The molecule has 144 valence electrons. The van der Waals surface area contributed by atoms with Crippen molar-refractivity contribution in [3.05, 3.63) is 59.8 Å². The molecule has 0 saturated carbocycles. The Hall–Kier alpha value is -2.95. The third-order valence-corrected chi connectivity index (χ3v) is 5.54. The molecule has 2 fully saturated rings. The van der Waals surface area contributed by atoms with E-state index in [2.05, 4.69) is 22.0 Å². The van der Waals surface area contributed by atoms with Crippen LogP contribution in [-0.2, 0) is 9.59 Å².